The van der Waals surface area contributed by atoms with E-state index in [0.29, 0.717) is 18.9 Å². The molecule has 0 aromatic heterocycles. The Morgan fingerprint density at radius 3 is 2.65 bits per heavy atom. The Kier molecular flexibility index (Phi) is 3.46. The van der Waals surface area contributed by atoms with Crippen LogP contribution in [0.3, 0.4) is 0 Å². The Morgan fingerprint density at radius 1 is 1.10 bits per heavy atom. The van der Waals surface area contributed by atoms with E-state index in [-0.39, 0.29) is 6.10 Å². The average molecular weight is 266 g/mol. The summed E-state index contributed by atoms with van der Waals surface area (Å²) < 4.78 is 5.91. The van der Waals surface area contributed by atoms with Gasteiger partial charge in [-0.25, -0.2) is 4.99 Å². The second-order valence-corrected chi connectivity index (χ2v) is 4.47. The maximum Gasteiger partial charge on any atom is 0.216 e. The standard InChI is InChI=1S/C16H14N2O2/c19-11-18-14-9-5-4-8-13(14)15-10-17-16(20-15)12-6-2-1-3-7-12/h1-9,11,15H,10H2,(H,18,19). The zero-order valence-electron chi connectivity index (χ0n) is 10.8. The zero-order valence-corrected chi connectivity index (χ0v) is 10.8. The van der Waals surface area contributed by atoms with E-state index in [1.807, 2.05) is 54.6 Å². The number of amides is 1. The first kappa shape index (κ1) is 12.4. The lowest BCUT2D eigenvalue weighted by Gasteiger charge is -2.15. The van der Waals surface area contributed by atoms with Crippen molar-refractivity contribution in [2.24, 2.45) is 4.99 Å². The quantitative estimate of drug-likeness (QED) is 0.865. The van der Waals surface area contributed by atoms with Crippen LogP contribution >= 0.6 is 0 Å². The fraction of sp³-hybridized carbons (Fsp3) is 0.125. The van der Waals surface area contributed by atoms with E-state index in [9.17, 15) is 4.79 Å². The van der Waals surface area contributed by atoms with Crippen molar-refractivity contribution in [1.29, 1.82) is 0 Å². The number of hydrogen-bond acceptors (Lipinski definition) is 3. The van der Waals surface area contributed by atoms with Gasteiger partial charge in [-0.15, -0.1) is 0 Å². The number of ether oxygens (including phenoxy) is 1. The second-order valence-electron chi connectivity index (χ2n) is 4.47. The van der Waals surface area contributed by atoms with Crippen LogP contribution in [0.4, 0.5) is 5.69 Å². The fourth-order valence-electron chi connectivity index (χ4n) is 2.25. The number of nitrogens with zero attached hydrogens (tertiary/aromatic N) is 1. The van der Waals surface area contributed by atoms with Gasteiger partial charge in [0, 0.05) is 16.8 Å². The number of rotatable bonds is 4. The SMILES string of the molecule is O=CNc1ccccc1C1CN=C(c2ccccc2)O1. The summed E-state index contributed by atoms with van der Waals surface area (Å²) in [6, 6.07) is 17.4. The van der Waals surface area contributed by atoms with Gasteiger partial charge in [0.2, 0.25) is 12.3 Å². The average Bonchev–Trinajstić information content (AvgIpc) is 2.99. The Hall–Kier alpha value is -2.62. The molecule has 100 valence electrons. The lowest BCUT2D eigenvalue weighted by molar-refractivity contribution is -0.105. The Bertz CT molecular complexity index is 638. The van der Waals surface area contributed by atoms with E-state index in [2.05, 4.69) is 10.3 Å². The van der Waals surface area contributed by atoms with Crippen molar-refractivity contribution in [1.82, 2.24) is 0 Å². The molecular weight excluding hydrogens is 252 g/mol. The molecule has 0 spiro atoms. The minimum Gasteiger partial charge on any atom is -0.467 e. The minimum absolute atomic E-state index is 0.158. The summed E-state index contributed by atoms with van der Waals surface area (Å²) in [6.07, 6.45) is 0.515. The smallest absolute Gasteiger partial charge is 0.216 e. The summed E-state index contributed by atoms with van der Waals surface area (Å²) in [7, 11) is 0. The number of para-hydroxylation sites is 1. The van der Waals surface area contributed by atoms with Crippen molar-refractivity contribution in [3.05, 3.63) is 65.7 Å². The first-order valence-electron chi connectivity index (χ1n) is 6.44. The molecule has 4 nitrogen and oxygen atoms in total. The van der Waals surface area contributed by atoms with Gasteiger partial charge < -0.3 is 10.1 Å². The highest BCUT2D eigenvalue weighted by Gasteiger charge is 2.24. The highest BCUT2D eigenvalue weighted by atomic mass is 16.5. The zero-order chi connectivity index (χ0) is 13.8. The third kappa shape index (κ3) is 2.40. The normalized spacial score (nSPS) is 17.2. The van der Waals surface area contributed by atoms with E-state index < -0.39 is 0 Å². The highest BCUT2D eigenvalue weighted by Crippen LogP contribution is 2.30. The van der Waals surface area contributed by atoms with E-state index in [1.165, 1.54) is 0 Å². The summed E-state index contributed by atoms with van der Waals surface area (Å²) >= 11 is 0. The molecule has 1 atom stereocenters. The summed E-state index contributed by atoms with van der Waals surface area (Å²) in [5.74, 6) is 0.650. The Labute approximate surface area is 117 Å². The molecule has 1 heterocycles. The van der Waals surface area contributed by atoms with Gasteiger partial charge in [0.25, 0.3) is 0 Å². The molecule has 0 bridgehead atoms. The lowest BCUT2D eigenvalue weighted by atomic mass is 10.1. The van der Waals surface area contributed by atoms with E-state index in [0.717, 1.165) is 16.8 Å². The van der Waals surface area contributed by atoms with Crippen molar-refractivity contribution >= 4 is 18.0 Å². The number of hydrogen-bond donors (Lipinski definition) is 1. The van der Waals surface area contributed by atoms with Crippen molar-refractivity contribution in [2.75, 3.05) is 11.9 Å². The largest absolute Gasteiger partial charge is 0.467 e. The molecular formula is C16H14N2O2. The molecule has 1 aliphatic heterocycles. The number of anilines is 1. The molecule has 0 saturated heterocycles. The van der Waals surface area contributed by atoms with Crippen LogP contribution in [-0.4, -0.2) is 18.9 Å². The van der Waals surface area contributed by atoms with E-state index >= 15 is 0 Å². The van der Waals surface area contributed by atoms with Crippen molar-refractivity contribution < 1.29 is 9.53 Å². The summed E-state index contributed by atoms with van der Waals surface area (Å²) in [4.78, 5) is 15.1. The van der Waals surface area contributed by atoms with Crippen LogP contribution in [0.5, 0.6) is 0 Å². The van der Waals surface area contributed by atoms with Crippen LogP contribution < -0.4 is 5.32 Å². The number of nitrogens with one attached hydrogen (secondary N) is 1. The molecule has 1 N–H and O–H groups in total. The molecule has 3 rings (SSSR count). The van der Waals surface area contributed by atoms with Crippen LogP contribution in [0.25, 0.3) is 0 Å². The highest BCUT2D eigenvalue weighted by molar-refractivity contribution is 5.95. The van der Waals surface area contributed by atoms with Crippen molar-refractivity contribution in [2.45, 2.75) is 6.10 Å². The monoisotopic (exact) mass is 266 g/mol. The van der Waals surface area contributed by atoms with Gasteiger partial charge in [-0.05, 0) is 18.2 Å². The molecule has 0 saturated carbocycles. The number of carbonyl (C=O) groups is 1. The first-order chi connectivity index (χ1) is 9.88. The van der Waals surface area contributed by atoms with Crippen molar-refractivity contribution in [3.8, 4) is 0 Å². The Morgan fingerprint density at radius 2 is 1.85 bits per heavy atom. The summed E-state index contributed by atoms with van der Waals surface area (Å²) in [5.41, 5.74) is 2.67. The van der Waals surface area contributed by atoms with Gasteiger partial charge >= 0.3 is 0 Å². The predicted octanol–water partition coefficient (Wildman–Crippen LogP) is 2.77. The molecule has 20 heavy (non-hydrogen) atoms. The first-order valence-corrected chi connectivity index (χ1v) is 6.44. The Balaban J connectivity index is 1.81. The van der Waals surface area contributed by atoms with E-state index in [1.54, 1.807) is 0 Å². The molecule has 1 aliphatic rings. The maximum atomic E-state index is 10.6. The minimum atomic E-state index is -0.158. The molecule has 2 aromatic rings. The number of benzene rings is 2. The van der Waals surface area contributed by atoms with Gasteiger partial charge in [-0.2, -0.15) is 0 Å². The van der Waals surface area contributed by atoms with Gasteiger partial charge in [-0.1, -0.05) is 36.4 Å². The molecule has 0 fully saturated rings. The molecule has 0 radical (unpaired) electrons. The third-order valence-electron chi connectivity index (χ3n) is 3.20. The molecule has 1 amide bonds. The fourth-order valence-corrected chi connectivity index (χ4v) is 2.25. The molecule has 0 aliphatic carbocycles. The topological polar surface area (TPSA) is 50.7 Å². The van der Waals surface area contributed by atoms with Gasteiger partial charge in [0.05, 0.1) is 6.54 Å². The maximum absolute atomic E-state index is 10.6. The second kappa shape index (κ2) is 5.57. The van der Waals surface area contributed by atoms with Crippen molar-refractivity contribution in [3.63, 3.8) is 0 Å². The van der Waals surface area contributed by atoms with Crippen LogP contribution in [-0.2, 0) is 9.53 Å². The van der Waals surface area contributed by atoms with Gasteiger partial charge in [0.15, 0.2) is 0 Å². The third-order valence-corrected chi connectivity index (χ3v) is 3.20. The predicted molar refractivity (Wildman–Crippen MR) is 77.8 cm³/mol. The molecule has 2 aromatic carbocycles. The van der Waals surface area contributed by atoms with Gasteiger partial charge in [0.1, 0.15) is 6.10 Å². The number of aliphatic imine (C=N–C) groups is 1. The van der Waals surface area contributed by atoms with Crippen LogP contribution in [0, 0.1) is 0 Å². The van der Waals surface area contributed by atoms with E-state index in [4.69, 9.17) is 4.74 Å². The van der Waals surface area contributed by atoms with Crippen LogP contribution in [0.2, 0.25) is 0 Å². The number of carbonyl (C=O) groups excluding carboxylic acids is 1. The summed E-state index contributed by atoms with van der Waals surface area (Å²) in [5, 5.41) is 2.70. The molecule has 1 unspecified atom stereocenters. The summed E-state index contributed by atoms with van der Waals surface area (Å²) in [6.45, 7) is 0.557. The van der Waals surface area contributed by atoms with Crippen LogP contribution in [0.1, 0.15) is 17.2 Å². The lowest BCUT2D eigenvalue weighted by Crippen LogP contribution is -2.09. The molecule has 4 heteroatoms. The van der Waals surface area contributed by atoms with Gasteiger partial charge in [-0.3, -0.25) is 4.79 Å². The van der Waals surface area contributed by atoms with Crippen LogP contribution in [0.15, 0.2) is 59.6 Å².